The molecule has 9 heteroatoms. The standard InChI is InChI=1S/C22H26N4O4S/c27-31(28,21-3-1-2-9-24-21)25-13-16-7-11-26(12-8-16)14-17-15-29-20-5-4-19-18(6-10-23-19)22(20)30-17/h1-6,9-10,16-17,23,25H,7-8,11-15H2. The smallest absolute Gasteiger partial charge is 0.258 e. The Kier molecular flexibility index (Phi) is 5.56. The predicted octanol–water partition coefficient (Wildman–Crippen LogP) is 2.39. The van der Waals surface area contributed by atoms with Gasteiger partial charge in [0.2, 0.25) is 0 Å². The maximum atomic E-state index is 12.4. The SMILES string of the molecule is O=S(=O)(NCC1CCN(CC2COc3ccc4[nH]ccc4c3O2)CC1)c1ccccn1. The lowest BCUT2D eigenvalue weighted by atomic mass is 9.97. The highest BCUT2D eigenvalue weighted by Crippen LogP contribution is 2.38. The lowest BCUT2D eigenvalue weighted by Crippen LogP contribution is -2.45. The van der Waals surface area contributed by atoms with Crippen molar-refractivity contribution in [3.8, 4) is 11.5 Å². The fourth-order valence-corrected chi connectivity index (χ4v) is 5.32. The Hall–Kier alpha value is -2.62. The minimum Gasteiger partial charge on any atom is -0.486 e. The number of piperidine rings is 1. The third-order valence-electron chi connectivity index (χ3n) is 6.00. The van der Waals surface area contributed by atoms with Gasteiger partial charge in [-0.25, -0.2) is 18.1 Å². The number of nitrogens with one attached hydrogen (secondary N) is 2. The van der Waals surface area contributed by atoms with Gasteiger partial charge in [-0.2, -0.15) is 0 Å². The first-order valence-electron chi connectivity index (χ1n) is 10.6. The summed E-state index contributed by atoms with van der Waals surface area (Å²) in [5, 5.41) is 1.11. The molecule has 5 rings (SSSR count). The van der Waals surface area contributed by atoms with Crippen molar-refractivity contribution in [3.63, 3.8) is 0 Å². The Bertz CT molecular complexity index is 1140. The molecule has 1 saturated heterocycles. The average Bonchev–Trinajstić information content (AvgIpc) is 3.29. The van der Waals surface area contributed by atoms with E-state index in [-0.39, 0.29) is 11.1 Å². The molecule has 1 atom stereocenters. The highest BCUT2D eigenvalue weighted by molar-refractivity contribution is 7.89. The number of nitrogens with zero attached hydrogens (tertiary/aromatic N) is 2. The number of fused-ring (bicyclic) bond motifs is 3. The van der Waals surface area contributed by atoms with Crippen LogP contribution in [-0.2, 0) is 10.0 Å². The van der Waals surface area contributed by atoms with Crippen LogP contribution in [0.15, 0.2) is 53.8 Å². The molecule has 2 N–H and O–H groups in total. The molecule has 0 amide bonds. The molecule has 8 nitrogen and oxygen atoms in total. The first kappa shape index (κ1) is 20.3. The fraction of sp³-hybridized carbons (Fsp3) is 0.409. The number of likely N-dealkylation sites (tertiary alicyclic amines) is 1. The maximum Gasteiger partial charge on any atom is 0.258 e. The van der Waals surface area contributed by atoms with Crippen LogP contribution in [0, 0.1) is 5.92 Å². The summed E-state index contributed by atoms with van der Waals surface area (Å²) in [5.74, 6) is 1.93. The Labute approximate surface area is 181 Å². The number of ether oxygens (including phenoxy) is 2. The number of pyridine rings is 1. The minimum atomic E-state index is -3.55. The number of hydrogen-bond donors (Lipinski definition) is 2. The van der Waals surface area contributed by atoms with Gasteiger partial charge in [-0.15, -0.1) is 0 Å². The van der Waals surface area contributed by atoms with Crippen molar-refractivity contribution in [1.82, 2.24) is 19.6 Å². The van der Waals surface area contributed by atoms with Crippen molar-refractivity contribution in [1.29, 1.82) is 0 Å². The van der Waals surface area contributed by atoms with Crippen molar-refractivity contribution in [2.45, 2.75) is 24.0 Å². The molecule has 164 valence electrons. The summed E-state index contributed by atoms with van der Waals surface area (Å²) in [6.07, 6.45) is 5.26. The highest BCUT2D eigenvalue weighted by Gasteiger charge is 2.28. The Morgan fingerprint density at radius 1 is 1.16 bits per heavy atom. The van der Waals surface area contributed by atoms with Gasteiger partial charge in [0.15, 0.2) is 16.5 Å². The number of aromatic nitrogens is 2. The van der Waals surface area contributed by atoms with Crippen molar-refractivity contribution in [2.24, 2.45) is 5.92 Å². The van der Waals surface area contributed by atoms with E-state index >= 15 is 0 Å². The Morgan fingerprint density at radius 2 is 2.03 bits per heavy atom. The van der Waals surface area contributed by atoms with Gasteiger partial charge in [-0.3, -0.25) is 4.90 Å². The Balaban J connectivity index is 1.12. The van der Waals surface area contributed by atoms with Crippen LogP contribution in [0.3, 0.4) is 0 Å². The second kappa shape index (κ2) is 8.49. The number of aromatic amines is 1. The average molecular weight is 443 g/mol. The van der Waals surface area contributed by atoms with Crippen LogP contribution in [-0.4, -0.2) is 62.2 Å². The van der Waals surface area contributed by atoms with Gasteiger partial charge in [-0.1, -0.05) is 6.07 Å². The van der Waals surface area contributed by atoms with E-state index in [2.05, 4.69) is 19.6 Å². The molecule has 4 heterocycles. The molecule has 1 aromatic carbocycles. The number of hydrogen-bond acceptors (Lipinski definition) is 6. The van der Waals surface area contributed by atoms with E-state index in [4.69, 9.17) is 9.47 Å². The molecule has 0 radical (unpaired) electrons. The van der Waals surface area contributed by atoms with Gasteiger partial charge < -0.3 is 14.5 Å². The normalized spacial score (nSPS) is 20.2. The van der Waals surface area contributed by atoms with Crippen molar-refractivity contribution in [2.75, 3.05) is 32.8 Å². The van der Waals surface area contributed by atoms with Crippen LogP contribution in [0.25, 0.3) is 10.9 Å². The van der Waals surface area contributed by atoms with E-state index in [0.717, 1.165) is 54.9 Å². The second-order valence-electron chi connectivity index (χ2n) is 8.15. The topological polar surface area (TPSA) is 96.6 Å². The summed E-state index contributed by atoms with van der Waals surface area (Å²) in [5.41, 5.74) is 1.04. The minimum absolute atomic E-state index is 0.0211. The predicted molar refractivity (Wildman–Crippen MR) is 117 cm³/mol. The van der Waals surface area contributed by atoms with E-state index < -0.39 is 10.0 Å². The molecule has 2 aliphatic rings. The Morgan fingerprint density at radius 3 is 2.84 bits per heavy atom. The summed E-state index contributed by atoms with van der Waals surface area (Å²) in [6, 6.07) is 10.9. The van der Waals surface area contributed by atoms with E-state index in [1.807, 2.05) is 24.4 Å². The van der Waals surface area contributed by atoms with Gasteiger partial charge in [0.05, 0.1) is 0 Å². The monoisotopic (exact) mass is 442 g/mol. The van der Waals surface area contributed by atoms with E-state index in [1.165, 1.54) is 12.3 Å². The van der Waals surface area contributed by atoms with Gasteiger partial charge in [0.1, 0.15) is 12.7 Å². The summed E-state index contributed by atoms with van der Waals surface area (Å²) >= 11 is 0. The van der Waals surface area contributed by atoms with Crippen LogP contribution in [0.2, 0.25) is 0 Å². The zero-order valence-electron chi connectivity index (χ0n) is 17.2. The lowest BCUT2D eigenvalue weighted by Gasteiger charge is -2.35. The fourth-order valence-electron chi connectivity index (χ4n) is 4.26. The number of sulfonamides is 1. The maximum absolute atomic E-state index is 12.4. The van der Waals surface area contributed by atoms with Crippen LogP contribution in [0.1, 0.15) is 12.8 Å². The highest BCUT2D eigenvalue weighted by atomic mass is 32.2. The molecular weight excluding hydrogens is 416 g/mol. The molecular formula is C22H26N4O4S. The van der Waals surface area contributed by atoms with Crippen molar-refractivity contribution < 1.29 is 17.9 Å². The first-order valence-corrected chi connectivity index (χ1v) is 12.1. The van der Waals surface area contributed by atoms with Crippen LogP contribution >= 0.6 is 0 Å². The zero-order valence-corrected chi connectivity index (χ0v) is 18.0. The van der Waals surface area contributed by atoms with Crippen molar-refractivity contribution >= 4 is 20.9 Å². The lowest BCUT2D eigenvalue weighted by molar-refractivity contribution is 0.0495. The molecule has 0 bridgehead atoms. The van der Waals surface area contributed by atoms with E-state index in [9.17, 15) is 8.42 Å². The molecule has 1 unspecified atom stereocenters. The van der Waals surface area contributed by atoms with E-state index in [1.54, 1.807) is 12.1 Å². The molecule has 31 heavy (non-hydrogen) atoms. The largest absolute Gasteiger partial charge is 0.486 e. The molecule has 0 spiro atoms. The van der Waals surface area contributed by atoms with Crippen molar-refractivity contribution in [3.05, 3.63) is 48.8 Å². The van der Waals surface area contributed by atoms with Crippen LogP contribution < -0.4 is 14.2 Å². The van der Waals surface area contributed by atoms with Crippen LogP contribution in [0.5, 0.6) is 11.5 Å². The molecule has 0 aliphatic carbocycles. The third kappa shape index (κ3) is 4.39. The van der Waals surface area contributed by atoms with Gasteiger partial charge >= 0.3 is 0 Å². The van der Waals surface area contributed by atoms with Gasteiger partial charge in [-0.05, 0) is 62.2 Å². The quantitative estimate of drug-likeness (QED) is 0.609. The summed E-state index contributed by atoms with van der Waals surface area (Å²) < 4.78 is 39.7. The van der Waals surface area contributed by atoms with Crippen LogP contribution in [0.4, 0.5) is 0 Å². The zero-order chi connectivity index (χ0) is 21.3. The molecule has 2 aliphatic heterocycles. The van der Waals surface area contributed by atoms with Gasteiger partial charge in [0, 0.05) is 36.4 Å². The van der Waals surface area contributed by atoms with E-state index in [0.29, 0.717) is 19.1 Å². The number of rotatable bonds is 6. The molecule has 1 fully saturated rings. The first-order chi connectivity index (χ1) is 15.1. The number of benzene rings is 1. The second-order valence-corrected chi connectivity index (χ2v) is 9.86. The third-order valence-corrected chi connectivity index (χ3v) is 7.34. The summed E-state index contributed by atoms with van der Waals surface area (Å²) in [7, 11) is -3.55. The number of H-pyrrole nitrogens is 1. The summed E-state index contributed by atoms with van der Waals surface area (Å²) in [6.45, 7) is 3.60. The summed E-state index contributed by atoms with van der Waals surface area (Å²) in [4.78, 5) is 9.52. The molecule has 0 saturated carbocycles. The van der Waals surface area contributed by atoms with Gasteiger partial charge in [0.25, 0.3) is 10.0 Å². The molecule has 2 aromatic heterocycles. The molecule has 3 aromatic rings.